The van der Waals surface area contributed by atoms with E-state index in [0.717, 1.165) is 11.1 Å². The summed E-state index contributed by atoms with van der Waals surface area (Å²) in [4.78, 5) is 32.9. The molecule has 11 nitrogen and oxygen atoms in total. The molecule has 1 unspecified atom stereocenters. The first-order valence-electron chi connectivity index (χ1n) is 13.5. The van der Waals surface area contributed by atoms with Gasteiger partial charge in [-0.05, 0) is 83.5 Å². The van der Waals surface area contributed by atoms with E-state index in [1.807, 2.05) is 0 Å². The van der Waals surface area contributed by atoms with Crippen molar-refractivity contribution < 1.29 is 41.0 Å². The summed E-state index contributed by atoms with van der Waals surface area (Å²) in [6.07, 6.45) is 1.23. The maximum Gasteiger partial charge on any atom is 0.416 e. The van der Waals surface area contributed by atoms with Gasteiger partial charge in [-0.25, -0.2) is 18.2 Å². The Bertz CT molecular complexity index is 1560. The third kappa shape index (κ3) is 8.92. The van der Waals surface area contributed by atoms with Crippen molar-refractivity contribution in [1.82, 2.24) is 9.97 Å². The molecule has 238 valence electrons. The van der Waals surface area contributed by atoms with E-state index in [1.165, 1.54) is 60.8 Å². The molecule has 3 aromatic rings. The van der Waals surface area contributed by atoms with Crippen LogP contribution in [0.15, 0.2) is 71.9 Å². The Balaban J connectivity index is 2.14. The van der Waals surface area contributed by atoms with E-state index in [-0.39, 0.29) is 28.6 Å². The summed E-state index contributed by atoms with van der Waals surface area (Å²) in [5.41, 5.74) is 5.14. The Morgan fingerprint density at radius 3 is 2.11 bits per heavy atom. The fraction of sp³-hybridized carbons (Fsp3) is 0.400. The number of amides is 1. The van der Waals surface area contributed by atoms with Gasteiger partial charge < -0.3 is 19.9 Å². The summed E-state index contributed by atoms with van der Waals surface area (Å²) in [7, 11) is -4.44. The second-order valence-corrected chi connectivity index (χ2v) is 14.0. The summed E-state index contributed by atoms with van der Waals surface area (Å²) < 4.78 is 68.8. The van der Waals surface area contributed by atoms with Gasteiger partial charge in [-0.1, -0.05) is 18.2 Å². The molecule has 44 heavy (non-hydrogen) atoms. The first kappa shape index (κ1) is 34.3. The molecule has 0 aliphatic rings. The number of nitrogens with two attached hydrogens (primary N) is 1. The number of rotatable bonds is 10. The fourth-order valence-electron chi connectivity index (χ4n) is 4.00. The van der Waals surface area contributed by atoms with E-state index >= 15 is 0 Å². The number of carbonyl (C=O) groups is 2. The highest BCUT2D eigenvalue weighted by Gasteiger charge is 2.45. The maximum absolute atomic E-state index is 14.1. The van der Waals surface area contributed by atoms with Crippen molar-refractivity contribution in [1.29, 1.82) is 0 Å². The van der Waals surface area contributed by atoms with Crippen molar-refractivity contribution in [3.8, 4) is 5.75 Å². The number of benzene rings is 1. The van der Waals surface area contributed by atoms with Crippen LogP contribution in [0.2, 0.25) is 0 Å². The van der Waals surface area contributed by atoms with Gasteiger partial charge in [0.1, 0.15) is 29.3 Å². The predicted octanol–water partition coefficient (Wildman–Crippen LogP) is 4.99. The van der Waals surface area contributed by atoms with Crippen LogP contribution in [0.5, 0.6) is 5.75 Å². The van der Waals surface area contributed by atoms with Gasteiger partial charge >= 0.3 is 18.7 Å². The summed E-state index contributed by atoms with van der Waals surface area (Å²) >= 11 is 0. The Kier molecular flexibility index (Phi) is 10.3. The van der Waals surface area contributed by atoms with Crippen molar-refractivity contribution in [2.24, 2.45) is 5.73 Å². The Morgan fingerprint density at radius 1 is 0.932 bits per heavy atom. The van der Waals surface area contributed by atoms with Crippen LogP contribution in [0.1, 0.15) is 52.8 Å². The number of sulfone groups is 1. The lowest BCUT2D eigenvalue weighted by atomic mass is 10.0. The van der Waals surface area contributed by atoms with Crippen LogP contribution in [0.3, 0.4) is 0 Å². The molecule has 2 N–H and O–H groups in total. The molecule has 2 heterocycles. The molecule has 1 atom stereocenters. The fourth-order valence-corrected chi connectivity index (χ4v) is 5.62. The van der Waals surface area contributed by atoms with E-state index in [2.05, 4.69) is 14.7 Å². The van der Waals surface area contributed by atoms with Crippen LogP contribution in [0.25, 0.3) is 0 Å². The Morgan fingerprint density at radius 2 is 1.57 bits per heavy atom. The highest BCUT2D eigenvalue weighted by molar-refractivity contribution is 7.92. The number of alkyl halides is 2. The molecule has 0 saturated heterocycles. The molecule has 0 saturated carbocycles. The monoisotopic (exact) mass is 634 g/mol. The van der Waals surface area contributed by atoms with Gasteiger partial charge in [-0.2, -0.15) is 8.78 Å². The minimum Gasteiger partial charge on any atom is -0.459 e. The number of ether oxygens (including phenoxy) is 3. The first-order valence-corrected chi connectivity index (χ1v) is 15.0. The van der Waals surface area contributed by atoms with Gasteiger partial charge in [-0.15, -0.1) is 0 Å². The molecule has 14 heteroatoms. The number of nitrogens with zero attached hydrogens (tertiary/aromatic N) is 3. The van der Waals surface area contributed by atoms with Crippen molar-refractivity contribution in [3.63, 3.8) is 0 Å². The lowest BCUT2D eigenvalue weighted by Gasteiger charge is -2.31. The number of aromatic nitrogens is 2. The molecule has 0 bridgehead atoms. The number of carbonyl (C=O) groups excluding carboxylic acids is 2. The molecular weight excluding hydrogens is 598 g/mol. The second kappa shape index (κ2) is 13.2. The lowest BCUT2D eigenvalue weighted by molar-refractivity contribution is -0.153. The highest BCUT2D eigenvalue weighted by atomic mass is 32.2. The van der Waals surface area contributed by atoms with Crippen LogP contribution in [-0.4, -0.2) is 54.8 Å². The molecule has 0 fully saturated rings. The predicted molar refractivity (Wildman–Crippen MR) is 158 cm³/mol. The second-order valence-electron chi connectivity index (χ2n) is 11.8. The van der Waals surface area contributed by atoms with Gasteiger partial charge in [0.05, 0.1) is 10.6 Å². The quantitative estimate of drug-likeness (QED) is 0.302. The number of anilines is 1. The molecule has 0 radical (unpaired) electrons. The molecule has 3 rings (SSSR count). The van der Waals surface area contributed by atoms with Gasteiger partial charge in [0, 0.05) is 18.8 Å². The number of hydrogen-bond acceptors (Lipinski definition) is 10. The van der Waals surface area contributed by atoms with E-state index < -0.39 is 51.1 Å². The summed E-state index contributed by atoms with van der Waals surface area (Å²) in [5.74, 6) is -1.01. The molecule has 0 spiro atoms. The zero-order valence-corrected chi connectivity index (χ0v) is 26.1. The largest absolute Gasteiger partial charge is 0.459 e. The van der Waals surface area contributed by atoms with Crippen LogP contribution < -0.4 is 15.4 Å². The van der Waals surface area contributed by atoms with Gasteiger partial charge in [-0.3, -0.25) is 14.7 Å². The van der Waals surface area contributed by atoms with Crippen LogP contribution in [0, 0.1) is 0 Å². The zero-order chi connectivity index (χ0) is 32.9. The van der Waals surface area contributed by atoms with Gasteiger partial charge in [0.15, 0.2) is 4.87 Å². The number of esters is 1. The van der Waals surface area contributed by atoms with E-state index in [0.29, 0.717) is 5.56 Å². The van der Waals surface area contributed by atoms with Crippen molar-refractivity contribution in [2.45, 2.75) is 75.5 Å². The van der Waals surface area contributed by atoms with Crippen LogP contribution >= 0.6 is 0 Å². The molecular formula is C30H36F2N4O7S. The summed E-state index contributed by atoms with van der Waals surface area (Å²) in [6.45, 7) is 6.29. The molecule has 0 aliphatic heterocycles. The van der Waals surface area contributed by atoms with E-state index in [1.54, 1.807) is 41.5 Å². The average Bonchev–Trinajstić information content (AvgIpc) is 2.91. The number of hydrogen-bond donors (Lipinski definition) is 1. The van der Waals surface area contributed by atoms with E-state index in [4.69, 9.17) is 15.2 Å². The standard InChI is InChI=1S/C30H36F2N4O7S/c1-28(2,3)42-25(37)19-36(27(38)43-29(4,5)6)24-11-7-10-23(35-24)30(33,44(39,40)22-9-8-16-34-18-22)17-20-12-14-21(15-13-20)41-26(31)32/h7-16,18,26H,17,19,33H2,1-6H3. The molecule has 0 aliphatic carbocycles. The Hall–Kier alpha value is -4.17. The van der Waals surface area contributed by atoms with Crippen LogP contribution in [-0.2, 0) is 35.4 Å². The smallest absolute Gasteiger partial charge is 0.416 e. The van der Waals surface area contributed by atoms with Crippen molar-refractivity contribution >= 4 is 27.7 Å². The third-order valence-electron chi connectivity index (χ3n) is 5.81. The third-order valence-corrected chi connectivity index (χ3v) is 7.98. The van der Waals surface area contributed by atoms with E-state index in [9.17, 15) is 26.8 Å². The Labute approximate surface area is 255 Å². The highest BCUT2D eigenvalue weighted by Crippen LogP contribution is 2.35. The number of pyridine rings is 2. The molecule has 1 amide bonds. The zero-order valence-electron chi connectivity index (χ0n) is 25.3. The van der Waals surface area contributed by atoms with Crippen LogP contribution in [0.4, 0.5) is 19.4 Å². The van der Waals surface area contributed by atoms with Gasteiger partial charge in [0.25, 0.3) is 0 Å². The summed E-state index contributed by atoms with van der Waals surface area (Å²) in [6, 6.07) is 12.3. The van der Waals surface area contributed by atoms with Gasteiger partial charge in [0.2, 0.25) is 9.84 Å². The SMILES string of the molecule is CC(C)(C)OC(=O)CN(C(=O)OC(C)(C)C)c1cccc(C(N)(Cc2ccc(OC(F)F)cc2)S(=O)(=O)c2cccnc2)n1. The number of halogens is 2. The molecule has 2 aromatic heterocycles. The maximum atomic E-state index is 14.1. The molecule has 1 aromatic carbocycles. The van der Waals surface area contributed by atoms with Crippen molar-refractivity contribution in [3.05, 3.63) is 78.2 Å². The normalized spacial score (nSPS) is 13.6. The van der Waals surface area contributed by atoms with Crippen molar-refractivity contribution in [2.75, 3.05) is 11.4 Å². The summed E-state index contributed by atoms with van der Waals surface area (Å²) in [5, 5.41) is 0. The lowest BCUT2D eigenvalue weighted by Crippen LogP contribution is -2.48. The minimum absolute atomic E-state index is 0.125. The minimum atomic E-state index is -4.44. The average molecular weight is 635 g/mol. The topological polar surface area (TPSA) is 151 Å². The first-order chi connectivity index (χ1) is 20.3.